The normalized spacial score (nSPS) is 15.2. The number of benzene rings is 1. The molecular weight excluding hydrogens is 354 g/mol. The highest BCUT2D eigenvalue weighted by Gasteiger charge is 2.27. The maximum absolute atomic E-state index is 12.2. The quantitative estimate of drug-likeness (QED) is 0.824. The number of nitrogens with one attached hydrogen (secondary N) is 2. The molecule has 1 fully saturated rings. The number of nitrogens with zero attached hydrogens (tertiary/aromatic N) is 3. The van der Waals surface area contributed by atoms with Crippen LogP contribution in [0.4, 0.5) is 17.5 Å². The number of methoxy groups -OCH3 is 1. The van der Waals surface area contributed by atoms with Gasteiger partial charge in [-0.2, -0.15) is 4.98 Å². The van der Waals surface area contributed by atoms with Crippen LogP contribution in [0.1, 0.15) is 33.6 Å². The molecule has 7 heteroatoms. The molecule has 7 nitrogen and oxygen atoms in total. The lowest BCUT2D eigenvalue weighted by molar-refractivity contribution is -0.129. The Morgan fingerprint density at radius 2 is 1.89 bits per heavy atom. The molecule has 0 aliphatic carbocycles. The van der Waals surface area contributed by atoms with Gasteiger partial charge in [0.05, 0.1) is 12.8 Å². The zero-order chi connectivity index (χ0) is 20.1. The number of carbonyl (C=O) groups is 1. The van der Waals surface area contributed by atoms with Gasteiger partial charge >= 0.3 is 0 Å². The molecule has 1 saturated heterocycles. The molecule has 1 amide bonds. The Morgan fingerprint density at radius 1 is 1.18 bits per heavy atom. The van der Waals surface area contributed by atoms with Crippen molar-refractivity contribution in [3.05, 3.63) is 36.5 Å². The number of hydrogen-bond donors (Lipinski definition) is 2. The third kappa shape index (κ3) is 4.91. The van der Waals surface area contributed by atoms with Crippen molar-refractivity contribution in [1.29, 1.82) is 0 Å². The second kappa shape index (κ2) is 8.46. The van der Waals surface area contributed by atoms with E-state index in [0.29, 0.717) is 5.95 Å². The number of carbonyl (C=O) groups excluding carboxylic acids is 1. The van der Waals surface area contributed by atoms with Crippen LogP contribution in [0.5, 0.6) is 5.75 Å². The van der Waals surface area contributed by atoms with Gasteiger partial charge in [-0.25, -0.2) is 4.98 Å². The molecule has 28 heavy (non-hydrogen) atoms. The maximum Gasteiger partial charge on any atom is 0.227 e. The third-order valence-electron chi connectivity index (χ3n) is 4.81. The molecular formula is C21H29N5O2. The SMILES string of the molecule is COc1ccccc1Nc1ccnc(N2CCC(NC(=O)C(C)(C)C)CC2)n1. The van der Waals surface area contributed by atoms with E-state index in [4.69, 9.17) is 4.74 Å². The second-order valence-electron chi connectivity index (χ2n) is 8.05. The molecule has 2 heterocycles. The van der Waals surface area contributed by atoms with Gasteiger partial charge in [0.1, 0.15) is 11.6 Å². The van der Waals surface area contributed by atoms with Gasteiger partial charge in [-0.05, 0) is 31.0 Å². The highest BCUT2D eigenvalue weighted by molar-refractivity contribution is 5.81. The molecule has 1 aromatic carbocycles. The summed E-state index contributed by atoms with van der Waals surface area (Å²) in [5, 5.41) is 6.45. The molecule has 150 valence electrons. The van der Waals surface area contributed by atoms with E-state index < -0.39 is 0 Å². The fourth-order valence-corrected chi connectivity index (χ4v) is 3.08. The first kappa shape index (κ1) is 19.9. The lowest BCUT2D eigenvalue weighted by Gasteiger charge is -2.33. The highest BCUT2D eigenvalue weighted by atomic mass is 16.5. The average molecular weight is 383 g/mol. The van der Waals surface area contributed by atoms with E-state index in [9.17, 15) is 4.79 Å². The van der Waals surface area contributed by atoms with E-state index >= 15 is 0 Å². The minimum atomic E-state index is -0.362. The lowest BCUT2D eigenvalue weighted by atomic mass is 9.94. The molecule has 1 aliphatic rings. The summed E-state index contributed by atoms with van der Waals surface area (Å²) in [4.78, 5) is 23.4. The summed E-state index contributed by atoms with van der Waals surface area (Å²) >= 11 is 0. The summed E-state index contributed by atoms with van der Waals surface area (Å²) in [6.45, 7) is 7.43. The number of para-hydroxylation sites is 2. The Labute approximate surface area is 166 Å². The van der Waals surface area contributed by atoms with Crippen molar-refractivity contribution >= 4 is 23.4 Å². The number of anilines is 3. The zero-order valence-corrected chi connectivity index (χ0v) is 17.0. The molecule has 0 radical (unpaired) electrons. The molecule has 1 aromatic heterocycles. The first-order valence-electron chi connectivity index (χ1n) is 9.66. The first-order chi connectivity index (χ1) is 13.4. The van der Waals surface area contributed by atoms with Crippen molar-refractivity contribution in [1.82, 2.24) is 15.3 Å². The van der Waals surface area contributed by atoms with Crippen LogP contribution >= 0.6 is 0 Å². The van der Waals surface area contributed by atoms with Crippen LogP contribution in [0, 0.1) is 5.41 Å². The fourth-order valence-electron chi connectivity index (χ4n) is 3.08. The minimum Gasteiger partial charge on any atom is -0.495 e. The Hall–Kier alpha value is -2.83. The van der Waals surface area contributed by atoms with Gasteiger partial charge in [-0.1, -0.05) is 32.9 Å². The first-order valence-corrected chi connectivity index (χ1v) is 9.66. The summed E-state index contributed by atoms with van der Waals surface area (Å²) < 4.78 is 5.38. The number of ether oxygens (including phenoxy) is 1. The molecule has 1 aliphatic heterocycles. The number of aromatic nitrogens is 2. The second-order valence-corrected chi connectivity index (χ2v) is 8.05. The number of hydrogen-bond acceptors (Lipinski definition) is 6. The standard InChI is InChI=1S/C21H29N5O2/c1-21(2,3)19(27)23-15-10-13-26(14-11-15)20-22-12-9-18(25-20)24-16-7-5-6-8-17(16)28-4/h5-9,12,15H,10-11,13-14H2,1-4H3,(H,23,27)(H,22,24,25). The Bertz CT molecular complexity index is 810. The van der Waals surface area contributed by atoms with E-state index in [1.165, 1.54) is 0 Å². The summed E-state index contributed by atoms with van der Waals surface area (Å²) in [6.07, 6.45) is 3.53. The molecule has 3 rings (SSSR count). The van der Waals surface area contributed by atoms with Crippen molar-refractivity contribution < 1.29 is 9.53 Å². The van der Waals surface area contributed by atoms with E-state index in [2.05, 4.69) is 25.5 Å². The number of rotatable bonds is 5. The average Bonchev–Trinajstić information content (AvgIpc) is 2.68. The number of amides is 1. The fraction of sp³-hybridized carbons (Fsp3) is 0.476. The van der Waals surface area contributed by atoms with E-state index in [0.717, 1.165) is 43.2 Å². The van der Waals surface area contributed by atoms with Crippen LogP contribution in [0.2, 0.25) is 0 Å². The smallest absolute Gasteiger partial charge is 0.227 e. The molecule has 2 N–H and O–H groups in total. The van der Waals surface area contributed by atoms with Crippen LogP contribution in [-0.2, 0) is 4.79 Å². The third-order valence-corrected chi connectivity index (χ3v) is 4.81. The van der Waals surface area contributed by atoms with Gasteiger partial charge in [0.15, 0.2) is 0 Å². The van der Waals surface area contributed by atoms with Crippen molar-refractivity contribution in [3.63, 3.8) is 0 Å². The zero-order valence-electron chi connectivity index (χ0n) is 17.0. The highest BCUT2D eigenvalue weighted by Crippen LogP contribution is 2.27. The van der Waals surface area contributed by atoms with Crippen LogP contribution in [0.25, 0.3) is 0 Å². The minimum absolute atomic E-state index is 0.102. The van der Waals surface area contributed by atoms with Crippen molar-refractivity contribution in [2.24, 2.45) is 5.41 Å². The Morgan fingerprint density at radius 3 is 2.57 bits per heavy atom. The van der Waals surface area contributed by atoms with Crippen LogP contribution in [0.15, 0.2) is 36.5 Å². The monoisotopic (exact) mass is 383 g/mol. The predicted molar refractivity (Wildman–Crippen MR) is 111 cm³/mol. The number of piperidine rings is 1. The van der Waals surface area contributed by atoms with Crippen LogP contribution in [-0.4, -0.2) is 42.1 Å². The van der Waals surface area contributed by atoms with Crippen LogP contribution in [0.3, 0.4) is 0 Å². The predicted octanol–water partition coefficient (Wildman–Crippen LogP) is 3.36. The van der Waals surface area contributed by atoms with Gasteiger partial charge in [0.25, 0.3) is 0 Å². The molecule has 2 aromatic rings. The van der Waals surface area contributed by atoms with Gasteiger partial charge in [-0.15, -0.1) is 0 Å². The maximum atomic E-state index is 12.2. The Balaban J connectivity index is 1.61. The Kier molecular flexibility index (Phi) is 6.02. The van der Waals surface area contributed by atoms with E-state index in [1.54, 1.807) is 13.3 Å². The summed E-state index contributed by atoms with van der Waals surface area (Å²) in [7, 11) is 1.65. The molecule has 0 unspecified atom stereocenters. The molecule has 0 saturated carbocycles. The van der Waals surface area contributed by atoms with Crippen molar-refractivity contribution in [2.45, 2.75) is 39.7 Å². The lowest BCUT2D eigenvalue weighted by Crippen LogP contribution is -2.48. The van der Waals surface area contributed by atoms with Crippen molar-refractivity contribution in [3.8, 4) is 5.75 Å². The summed E-state index contributed by atoms with van der Waals surface area (Å²) in [6, 6.07) is 9.77. The van der Waals surface area contributed by atoms with Crippen LogP contribution < -0.4 is 20.3 Å². The van der Waals surface area contributed by atoms with E-state index in [-0.39, 0.29) is 17.4 Å². The van der Waals surface area contributed by atoms with Gasteiger partial charge in [0, 0.05) is 30.7 Å². The molecule has 0 spiro atoms. The summed E-state index contributed by atoms with van der Waals surface area (Å²) in [5.41, 5.74) is 0.497. The van der Waals surface area contributed by atoms with Crippen molar-refractivity contribution in [2.75, 3.05) is 30.4 Å². The largest absolute Gasteiger partial charge is 0.495 e. The molecule has 0 bridgehead atoms. The van der Waals surface area contributed by atoms with Gasteiger partial charge < -0.3 is 20.3 Å². The molecule has 0 atom stereocenters. The topological polar surface area (TPSA) is 79.4 Å². The van der Waals surface area contributed by atoms with Gasteiger partial charge in [0.2, 0.25) is 11.9 Å². The summed E-state index contributed by atoms with van der Waals surface area (Å²) in [5.74, 6) is 2.28. The van der Waals surface area contributed by atoms with Gasteiger partial charge in [-0.3, -0.25) is 4.79 Å². The van der Waals surface area contributed by atoms with E-state index in [1.807, 2.05) is 51.1 Å².